The molecular formula is C9H14N2OS. The van der Waals surface area contributed by atoms with E-state index in [1.165, 1.54) is 5.01 Å². The zero-order chi connectivity index (χ0) is 9.10. The lowest BCUT2D eigenvalue weighted by Crippen LogP contribution is -2.20. The van der Waals surface area contributed by atoms with Crippen molar-refractivity contribution in [2.45, 2.75) is 13.0 Å². The van der Waals surface area contributed by atoms with Gasteiger partial charge < -0.3 is 5.11 Å². The van der Waals surface area contributed by atoms with Crippen LogP contribution in [-0.4, -0.2) is 34.7 Å². The van der Waals surface area contributed by atoms with Gasteiger partial charge in [-0.25, -0.2) is 4.98 Å². The van der Waals surface area contributed by atoms with Crippen molar-refractivity contribution in [3.8, 4) is 0 Å². The molecule has 0 amide bonds. The Balaban J connectivity index is 1.84. The van der Waals surface area contributed by atoms with E-state index in [0.717, 1.165) is 26.1 Å². The van der Waals surface area contributed by atoms with Gasteiger partial charge in [0.25, 0.3) is 0 Å². The van der Waals surface area contributed by atoms with E-state index in [-0.39, 0.29) is 0 Å². The highest BCUT2D eigenvalue weighted by Crippen LogP contribution is 2.18. The molecule has 0 radical (unpaired) electrons. The smallest absolute Gasteiger partial charge is 0.107 e. The van der Waals surface area contributed by atoms with Crippen LogP contribution < -0.4 is 0 Å². The minimum Gasteiger partial charge on any atom is -0.396 e. The van der Waals surface area contributed by atoms with Gasteiger partial charge in [-0.15, -0.1) is 11.3 Å². The molecule has 0 saturated carbocycles. The van der Waals surface area contributed by atoms with E-state index in [9.17, 15) is 0 Å². The van der Waals surface area contributed by atoms with Crippen LogP contribution in [0.4, 0.5) is 0 Å². The van der Waals surface area contributed by atoms with Gasteiger partial charge in [-0.3, -0.25) is 4.90 Å². The van der Waals surface area contributed by atoms with Crippen molar-refractivity contribution in [3.05, 3.63) is 16.6 Å². The third-order valence-electron chi connectivity index (χ3n) is 2.47. The lowest BCUT2D eigenvalue weighted by Gasteiger charge is -2.12. The number of rotatable bonds is 3. The van der Waals surface area contributed by atoms with E-state index in [1.54, 1.807) is 11.3 Å². The van der Waals surface area contributed by atoms with Crippen LogP contribution >= 0.6 is 11.3 Å². The number of hydrogen-bond acceptors (Lipinski definition) is 4. The molecule has 1 aliphatic heterocycles. The summed E-state index contributed by atoms with van der Waals surface area (Å²) in [6.07, 6.45) is 2.97. The van der Waals surface area contributed by atoms with E-state index >= 15 is 0 Å². The summed E-state index contributed by atoms with van der Waals surface area (Å²) in [5, 5.41) is 12.2. The maximum absolute atomic E-state index is 8.97. The molecule has 1 aromatic heterocycles. The molecule has 1 unspecified atom stereocenters. The van der Waals surface area contributed by atoms with Crippen molar-refractivity contribution < 1.29 is 5.11 Å². The first kappa shape index (κ1) is 9.12. The van der Waals surface area contributed by atoms with E-state index in [1.807, 2.05) is 11.6 Å². The topological polar surface area (TPSA) is 36.4 Å². The molecule has 2 heterocycles. The minimum absolute atomic E-state index is 0.328. The first-order valence-electron chi connectivity index (χ1n) is 4.60. The number of thiazole rings is 1. The molecule has 4 heteroatoms. The first-order chi connectivity index (χ1) is 6.38. The molecule has 1 N–H and O–H groups in total. The fourth-order valence-corrected chi connectivity index (χ4v) is 2.39. The second kappa shape index (κ2) is 4.17. The Hall–Kier alpha value is -0.450. The van der Waals surface area contributed by atoms with Crippen LogP contribution in [0.1, 0.15) is 11.4 Å². The monoisotopic (exact) mass is 198 g/mol. The van der Waals surface area contributed by atoms with E-state index in [2.05, 4.69) is 9.88 Å². The molecule has 1 saturated heterocycles. The van der Waals surface area contributed by atoms with Gasteiger partial charge in [-0.05, 0) is 18.9 Å². The van der Waals surface area contributed by atoms with Crippen molar-refractivity contribution in [3.63, 3.8) is 0 Å². The minimum atomic E-state index is 0.328. The molecular weight excluding hydrogens is 184 g/mol. The van der Waals surface area contributed by atoms with Gasteiger partial charge in [0.15, 0.2) is 0 Å². The zero-order valence-electron chi connectivity index (χ0n) is 7.52. The molecule has 72 valence electrons. The maximum Gasteiger partial charge on any atom is 0.107 e. The van der Waals surface area contributed by atoms with Crippen molar-refractivity contribution in [1.29, 1.82) is 0 Å². The number of aromatic nitrogens is 1. The molecule has 0 bridgehead atoms. The Bertz CT molecular complexity index is 250. The van der Waals surface area contributed by atoms with Gasteiger partial charge in [0.1, 0.15) is 5.01 Å². The highest BCUT2D eigenvalue weighted by molar-refractivity contribution is 7.09. The van der Waals surface area contributed by atoms with Crippen LogP contribution in [0.5, 0.6) is 0 Å². The predicted octanol–water partition coefficient (Wildman–Crippen LogP) is 0.957. The summed E-state index contributed by atoms with van der Waals surface area (Å²) in [7, 11) is 0. The zero-order valence-corrected chi connectivity index (χ0v) is 8.33. The molecule has 1 aromatic rings. The fourth-order valence-electron chi connectivity index (χ4n) is 1.73. The number of nitrogens with zero attached hydrogens (tertiary/aromatic N) is 2. The third kappa shape index (κ3) is 2.27. The van der Waals surface area contributed by atoms with Crippen molar-refractivity contribution in [2.24, 2.45) is 5.92 Å². The summed E-state index contributed by atoms with van der Waals surface area (Å²) in [5.74, 6) is 0.486. The number of hydrogen-bond donors (Lipinski definition) is 1. The van der Waals surface area contributed by atoms with Crippen LogP contribution in [0.3, 0.4) is 0 Å². The van der Waals surface area contributed by atoms with Crippen molar-refractivity contribution >= 4 is 11.3 Å². The summed E-state index contributed by atoms with van der Waals surface area (Å²) in [6, 6.07) is 0. The Morgan fingerprint density at radius 1 is 1.69 bits per heavy atom. The predicted molar refractivity (Wildman–Crippen MR) is 52.6 cm³/mol. The van der Waals surface area contributed by atoms with Crippen molar-refractivity contribution in [2.75, 3.05) is 19.7 Å². The number of likely N-dealkylation sites (tertiary alicyclic amines) is 1. The third-order valence-corrected chi connectivity index (χ3v) is 3.23. The summed E-state index contributed by atoms with van der Waals surface area (Å²) >= 11 is 1.70. The second-order valence-electron chi connectivity index (χ2n) is 3.50. The average Bonchev–Trinajstić information content (AvgIpc) is 2.76. The molecule has 0 spiro atoms. The van der Waals surface area contributed by atoms with Gasteiger partial charge in [0.2, 0.25) is 0 Å². The summed E-state index contributed by atoms with van der Waals surface area (Å²) in [6.45, 7) is 3.41. The molecule has 13 heavy (non-hydrogen) atoms. The SMILES string of the molecule is OCC1CCN(Cc2nccs2)C1. The molecule has 1 atom stereocenters. The molecule has 1 aliphatic rings. The standard InChI is InChI=1S/C9H14N2OS/c12-7-8-1-3-11(5-8)6-9-10-2-4-13-9/h2,4,8,12H,1,3,5-7H2. The first-order valence-corrected chi connectivity index (χ1v) is 5.48. The molecule has 1 fully saturated rings. The highest BCUT2D eigenvalue weighted by Gasteiger charge is 2.21. The Morgan fingerprint density at radius 2 is 2.62 bits per heavy atom. The van der Waals surface area contributed by atoms with Gasteiger partial charge in [0, 0.05) is 24.7 Å². The Morgan fingerprint density at radius 3 is 3.23 bits per heavy atom. The lowest BCUT2D eigenvalue weighted by atomic mass is 10.1. The maximum atomic E-state index is 8.97. The normalized spacial score (nSPS) is 23.9. The van der Waals surface area contributed by atoms with Gasteiger partial charge in [0.05, 0.1) is 6.54 Å². The molecule has 0 aliphatic carbocycles. The number of aliphatic hydroxyl groups is 1. The lowest BCUT2D eigenvalue weighted by molar-refractivity contribution is 0.220. The van der Waals surface area contributed by atoms with E-state index < -0.39 is 0 Å². The summed E-state index contributed by atoms with van der Waals surface area (Å²) < 4.78 is 0. The van der Waals surface area contributed by atoms with Crippen LogP contribution in [0.2, 0.25) is 0 Å². The summed E-state index contributed by atoms with van der Waals surface area (Å²) in [4.78, 5) is 6.61. The highest BCUT2D eigenvalue weighted by atomic mass is 32.1. The largest absolute Gasteiger partial charge is 0.396 e. The molecule has 0 aromatic carbocycles. The Kier molecular flexibility index (Phi) is 2.93. The van der Waals surface area contributed by atoms with Gasteiger partial charge in [-0.1, -0.05) is 0 Å². The van der Waals surface area contributed by atoms with Crippen LogP contribution in [-0.2, 0) is 6.54 Å². The van der Waals surface area contributed by atoms with Gasteiger partial charge in [-0.2, -0.15) is 0 Å². The quantitative estimate of drug-likeness (QED) is 0.786. The van der Waals surface area contributed by atoms with Crippen LogP contribution in [0.15, 0.2) is 11.6 Å². The Labute approximate surface area is 82.0 Å². The van der Waals surface area contributed by atoms with E-state index in [0.29, 0.717) is 12.5 Å². The fraction of sp³-hybridized carbons (Fsp3) is 0.667. The van der Waals surface area contributed by atoms with E-state index in [4.69, 9.17) is 5.11 Å². The van der Waals surface area contributed by atoms with Crippen molar-refractivity contribution in [1.82, 2.24) is 9.88 Å². The van der Waals surface area contributed by atoms with Crippen LogP contribution in [0, 0.1) is 5.92 Å². The van der Waals surface area contributed by atoms with Gasteiger partial charge >= 0.3 is 0 Å². The summed E-state index contributed by atoms with van der Waals surface area (Å²) in [5.41, 5.74) is 0. The van der Waals surface area contributed by atoms with Crippen LogP contribution in [0.25, 0.3) is 0 Å². The number of aliphatic hydroxyl groups excluding tert-OH is 1. The molecule has 3 nitrogen and oxygen atoms in total. The molecule has 2 rings (SSSR count). The average molecular weight is 198 g/mol. The second-order valence-corrected chi connectivity index (χ2v) is 4.48.